The Hall–Kier alpha value is -3.68. The molecule has 0 radical (unpaired) electrons. The van der Waals surface area contributed by atoms with E-state index in [4.69, 9.17) is 28.7 Å². The molecule has 0 bridgehead atoms. The summed E-state index contributed by atoms with van der Waals surface area (Å²) in [6.07, 6.45) is 2.82. The highest BCUT2D eigenvalue weighted by Gasteiger charge is 2.31. The summed E-state index contributed by atoms with van der Waals surface area (Å²) in [5.41, 5.74) is 27.5. The minimum atomic E-state index is -1.26. The first kappa shape index (κ1) is 42.3. The predicted molar refractivity (Wildman–Crippen MR) is 176 cm³/mol. The molecule has 16 N–H and O–H groups in total. The number of thiol groups is 1. The molecular weight excluding hydrogens is 622 g/mol. The zero-order valence-corrected chi connectivity index (χ0v) is 27.5. The van der Waals surface area contributed by atoms with E-state index in [1.165, 1.54) is 13.8 Å². The number of aliphatic carboxylic acids is 1. The van der Waals surface area contributed by atoms with Gasteiger partial charge in [-0.25, -0.2) is 0 Å². The van der Waals surface area contributed by atoms with E-state index in [0.29, 0.717) is 38.8 Å². The molecule has 46 heavy (non-hydrogen) atoms. The van der Waals surface area contributed by atoms with Crippen LogP contribution in [0.15, 0.2) is 4.99 Å². The summed E-state index contributed by atoms with van der Waals surface area (Å²) in [5, 5.41) is 21.8. The monoisotopic (exact) mass is 675 g/mol. The number of carbonyl (C=O) groups excluding carboxylic acids is 5. The molecule has 0 saturated heterocycles. The number of rotatable bonds is 24. The second kappa shape index (κ2) is 23.6. The maximum Gasteiger partial charge on any atom is 0.325 e. The fourth-order valence-corrected chi connectivity index (χ4v) is 4.24. The Labute approximate surface area is 274 Å². The van der Waals surface area contributed by atoms with Crippen molar-refractivity contribution >= 4 is 54.1 Å². The van der Waals surface area contributed by atoms with Gasteiger partial charge in [0.05, 0.1) is 6.04 Å². The van der Waals surface area contributed by atoms with Gasteiger partial charge in [-0.15, -0.1) is 0 Å². The van der Waals surface area contributed by atoms with Crippen LogP contribution in [0.25, 0.3) is 0 Å². The minimum absolute atomic E-state index is 0.0381. The van der Waals surface area contributed by atoms with Crippen molar-refractivity contribution in [1.82, 2.24) is 26.6 Å². The van der Waals surface area contributed by atoms with Crippen molar-refractivity contribution in [2.75, 3.05) is 25.4 Å². The van der Waals surface area contributed by atoms with Crippen LogP contribution in [0.4, 0.5) is 0 Å². The summed E-state index contributed by atoms with van der Waals surface area (Å²) >= 11 is 4.19. The van der Waals surface area contributed by atoms with Crippen LogP contribution in [0.5, 0.6) is 0 Å². The van der Waals surface area contributed by atoms with Crippen LogP contribution in [0.3, 0.4) is 0 Å². The van der Waals surface area contributed by atoms with Gasteiger partial charge in [-0.05, 0) is 78.3 Å². The standard InChI is InChI=1S/C27H53N11O7S/c1-15(30)21(39)35-18(9-4-6-12-29)24(42)38-20(14-46)25(43)37-19(10-7-13-33-27(31)32)23(41)36-17(8-3-5-11-28)22(40)34-16(2)26(44)45/h15-20,46H,3-14,28-30H2,1-2H3,(H,34,40)(H,35,39)(H,36,41)(H,37,43)(H,38,42)(H,44,45)(H4,31,32,33)/t15-,16-,17-,18-,19-,20-/m0/s1. The Bertz CT molecular complexity index is 1030. The molecule has 0 aromatic carbocycles. The third kappa shape index (κ3) is 17.7. The molecule has 0 saturated carbocycles. The van der Waals surface area contributed by atoms with Crippen LogP contribution in [-0.4, -0.2) is 108 Å². The Morgan fingerprint density at radius 2 is 1.04 bits per heavy atom. The molecule has 6 atom stereocenters. The van der Waals surface area contributed by atoms with Crippen molar-refractivity contribution in [3.8, 4) is 0 Å². The van der Waals surface area contributed by atoms with Crippen molar-refractivity contribution in [1.29, 1.82) is 0 Å². The Kier molecular flexibility index (Phi) is 21.7. The minimum Gasteiger partial charge on any atom is -0.480 e. The van der Waals surface area contributed by atoms with Gasteiger partial charge in [0, 0.05) is 12.3 Å². The molecule has 0 unspecified atom stereocenters. The van der Waals surface area contributed by atoms with E-state index in [-0.39, 0.29) is 43.9 Å². The van der Waals surface area contributed by atoms with Crippen molar-refractivity contribution in [2.45, 2.75) is 101 Å². The van der Waals surface area contributed by atoms with E-state index in [1.807, 2.05) is 0 Å². The number of aliphatic imine (C=N–C) groups is 1. The SMILES string of the molecule is C[C@H](N)C(=O)N[C@@H](CCCCN)C(=O)N[C@@H](CS)C(=O)N[C@@H](CCCN=C(N)N)C(=O)N[C@@H](CCCCN)C(=O)N[C@@H](C)C(=O)O. The van der Waals surface area contributed by atoms with Crippen LogP contribution in [0.2, 0.25) is 0 Å². The van der Waals surface area contributed by atoms with Gasteiger partial charge in [-0.1, -0.05) is 0 Å². The van der Waals surface area contributed by atoms with Gasteiger partial charge < -0.3 is 60.4 Å². The molecule has 0 aliphatic heterocycles. The van der Waals surface area contributed by atoms with Crippen LogP contribution >= 0.6 is 12.6 Å². The van der Waals surface area contributed by atoms with Crippen molar-refractivity contribution in [2.24, 2.45) is 33.7 Å². The summed E-state index contributed by atoms with van der Waals surface area (Å²) in [6, 6.07) is -6.64. The maximum absolute atomic E-state index is 13.4. The largest absolute Gasteiger partial charge is 0.480 e. The lowest BCUT2D eigenvalue weighted by molar-refractivity contribution is -0.141. The topological polar surface area (TPSA) is 325 Å². The van der Waals surface area contributed by atoms with Gasteiger partial charge in [0.25, 0.3) is 0 Å². The summed E-state index contributed by atoms with van der Waals surface area (Å²) in [4.78, 5) is 80.1. The fourth-order valence-electron chi connectivity index (χ4n) is 3.99. The number of carboxylic acid groups (broad SMARTS) is 1. The number of nitrogens with one attached hydrogen (secondary N) is 5. The van der Waals surface area contributed by atoms with Gasteiger partial charge in [-0.2, -0.15) is 12.6 Å². The molecule has 0 rings (SSSR count). The van der Waals surface area contributed by atoms with E-state index in [0.717, 1.165) is 0 Å². The number of hydrogen-bond acceptors (Lipinski definition) is 11. The number of guanidine groups is 1. The molecule has 19 heteroatoms. The van der Waals surface area contributed by atoms with Gasteiger partial charge in [0.2, 0.25) is 29.5 Å². The van der Waals surface area contributed by atoms with Gasteiger partial charge in [0.1, 0.15) is 30.2 Å². The number of nitrogens with zero attached hydrogens (tertiary/aromatic N) is 1. The first-order valence-electron chi connectivity index (χ1n) is 15.2. The third-order valence-corrected chi connectivity index (χ3v) is 7.06. The molecule has 18 nitrogen and oxygen atoms in total. The van der Waals surface area contributed by atoms with Crippen LogP contribution in [0, 0.1) is 0 Å². The summed E-state index contributed by atoms with van der Waals surface area (Å²) < 4.78 is 0. The Morgan fingerprint density at radius 3 is 1.43 bits per heavy atom. The smallest absolute Gasteiger partial charge is 0.325 e. The number of nitrogens with two attached hydrogens (primary N) is 5. The Morgan fingerprint density at radius 1 is 0.652 bits per heavy atom. The van der Waals surface area contributed by atoms with E-state index < -0.39 is 71.8 Å². The van der Waals surface area contributed by atoms with Crippen LogP contribution in [0.1, 0.15) is 65.2 Å². The number of hydrogen-bond donors (Lipinski definition) is 12. The van der Waals surface area contributed by atoms with Crippen molar-refractivity contribution in [3.63, 3.8) is 0 Å². The van der Waals surface area contributed by atoms with E-state index >= 15 is 0 Å². The number of carboxylic acids is 1. The molecular formula is C27H53N11O7S. The summed E-state index contributed by atoms with van der Waals surface area (Å²) in [6.45, 7) is 3.61. The first-order valence-corrected chi connectivity index (χ1v) is 15.9. The molecule has 264 valence electrons. The highest BCUT2D eigenvalue weighted by Crippen LogP contribution is 2.07. The molecule has 0 heterocycles. The van der Waals surface area contributed by atoms with Gasteiger partial charge in [-0.3, -0.25) is 33.8 Å². The normalized spacial score (nSPS) is 14.7. The number of amides is 5. The second-order valence-electron chi connectivity index (χ2n) is 10.8. The van der Waals surface area contributed by atoms with Crippen molar-refractivity contribution < 1.29 is 33.9 Å². The van der Waals surface area contributed by atoms with E-state index in [2.05, 4.69) is 44.2 Å². The second-order valence-corrected chi connectivity index (χ2v) is 11.2. The summed E-state index contributed by atoms with van der Waals surface area (Å²) in [5.74, 6) is -5.00. The highest BCUT2D eigenvalue weighted by molar-refractivity contribution is 7.80. The lowest BCUT2D eigenvalue weighted by Gasteiger charge is -2.26. The molecule has 5 amide bonds. The zero-order chi connectivity index (χ0) is 35.2. The van der Waals surface area contributed by atoms with Gasteiger partial charge >= 0.3 is 5.97 Å². The van der Waals surface area contributed by atoms with Crippen LogP contribution < -0.4 is 55.3 Å². The van der Waals surface area contributed by atoms with Crippen LogP contribution in [-0.2, 0) is 28.8 Å². The molecule has 0 aromatic heterocycles. The first-order chi connectivity index (χ1) is 21.7. The predicted octanol–water partition coefficient (Wildman–Crippen LogP) is -3.90. The van der Waals surface area contributed by atoms with E-state index in [9.17, 15) is 33.9 Å². The molecule has 0 aliphatic rings. The molecule has 0 spiro atoms. The lowest BCUT2D eigenvalue weighted by Crippen LogP contribution is -2.59. The average Bonchev–Trinajstić information content (AvgIpc) is 2.99. The molecule has 0 aromatic rings. The fraction of sp³-hybridized carbons (Fsp3) is 0.741. The van der Waals surface area contributed by atoms with Crippen molar-refractivity contribution in [3.05, 3.63) is 0 Å². The average molecular weight is 676 g/mol. The quantitative estimate of drug-likeness (QED) is 0.0202. The lowest BCUT2D eigenvalue weighted by atomic mass is 10.1. The third-order valence-electron chi connectivity index (χ3n) is 6.70. The molecule has 0 aliphatic carbocycles. The van der Waals surface area contributed by atoms with E-state index in [1.54, 1.807) is 0 Å². The van der Waals surface area contributed by atoms with Gasteiger partial charge in [0.15, 0.2) is 5.96 Å². The molecule has 0 fully saturated rings. The zero-order valence-electron chi connectivity index (χ0n) is 26.6. The number of carbonyl (C=O) groups is 6. The maximum atomic E-state index is 13.4. The Balaban J connectivity index is 5.93. The highest BCUT2D eigenvalue weighted by atomic mass is 32.1. The number of unbranched alkanes of at least 4 members (excludes halogenated alkanes) is 2. The summed E-state index contributed by atoms with van der Waals surface area (Å²) in [7, 11) is 0.